The van der Waals surface area contributed by atoms with Crippen LogP contribution in [0.1, 0.15) is 30.6 Å². The number of hydrogen-bond acceptors (Lipinski definition) is 4. The van der Waals surface area contributed by atoms with E-state index in [4.69, 9.17) is 0 Å². The number of carbonyl (C=O) groups is 1. The maximum atomic E-state index is 12.6. The number of carbonyl (C=O) groups excluding carboxylic acids is 1. The molecule has 110 valence electrons. The number of anilines is 1. The minimum atomic E-state index is -0.312. The number of aliphatic hydroxyl groups excluding tert-OH is 1. The van der Waals surface area contributed by atoms with Crippen LogP contribution < -0.4 is 5.32 Å². The van der Waals surface area contributed by atoms with E-state index in [1.807, 2.05) is 13.8 Å². The van der Waals surface area contributed by atoms with Crippen molar-refractivity contribution in [3.05, 3.63) is 22.3 Å². The van der Waals surface area contributed by atoms with Crippen LogP contribution in [-0.2, 0) is 0 Å². The zero-order chi connectivity index (χ0) is 14.7. The summed E-state index contributed by atoms with van der Waals surface area (Å²) in [4.78, 5) is 18.7. The first-order chi connectivity index (χ1) is 9.52. The van der Waals surface area contributed by atoms with E-state index < -0.39 is 0 Å². The Morgan fingerprint density at radius 2 is 2.40 bits per heavy atom. The first-order valence-corrected chi connectivity index (χ1v) is 7.69. The molecule has 2 unspecified atom stereocenters. The van der Waals surface area contributed by atoms with Crippen molar-refractivity contribution in [2.45, 2.75) is 26.4 Å². The lowest BCUT2D eigenvalue weighted by Crippen LogP contribution is -2.45. The lowest BCUT2D eigenvalue weighted by molar-refractivity contribution is 0.0298. The summed E-state index contributed by atoms with van der Waals surface area (Å²) in [5, 5.41) is 12.9. The van der Waals surface area contributed by atoms with Gasteiger partial charge < -0.3 is 15.3 Å². The Morgan fingerprint density at radius 3 is 3.05 bits per heavy atom. The molecule has 1 aromatic heterocycles. The smallest absolute Gasteiger partial charge is 0.257 e. The number of likely N-dealkylation sites (tertiary alicyclic amines) is 1. The Balaban J connectivity index is 2.22. The summed E-state index contributed by atoms with van der Waals surface area (Å²) >= 11 is 3.36. The molecule has 1 saturated heterocycles. The highest BCUT2D eigenvalue weighted by atomic mass is 79.9. The molecule has 6 heteroatoms. The average molecular weight is 342 g/mol. The number of halogens is 1. The van der Waals surface area contributed by atoms with E-state index in [9.17, 15) is 9.90 Å². The topological polar surface area (TPSA) is 65.5 Å². The summed E-state index contributed by atoms with van der Waals surface area (Å²) in [7, 11) is 0. The van der Waals surface area contributed by atoms with E-state index >= 15 is 0 Å². The van der Waals surface area contributed by atoms with Crippen molar-refractivity contribution in [2.24, 2.45) is 5.92 Å². The Labute approximate surface area is 127 Å². The quantitative estimate of drug-likeness (QED) is 0.883. The third kappa shape index (κ3) is 3.30. The number of hydrogen-bond donors (Lipinski definition) is 2. The molecule has 2 heterocycles. The number of piperidine rings is 1. The molecule has 2 atom stereocenters. The van der Waals surface area contributed by atoms with Gasteiger partial charge in [0.2, 0.25) is 0 Å². The first-order valence-electron chi connectivity index (χ1n) is 6.89. The van der Waals surface area contributed by atoms with Gasteiger partial charge in [-0.25, -0.2) is 4.98 Å². The van der Waals surface area contributed by atoms with Crippen LogP contribution in [0, 0.1) is 5.92 Å². The van der Waals surface area contributed by atoms with Crippen LogP contribution in [0.15, 0.2) is 16.7 Å². The highest BCUT2D eigenvalue weighted by Gasteiger charge is 2.29. The third-order valence-electron chi connectivity index (χ3n) is 3.58. The molecule has 0 spiro atoms. The van der Waals surface area contributed by atoms with E-state index in [-0.39, 0.29) is 17.9 Å². The van der Waals surface area contributed by atoms with Crippen molar-refractivity contribution >= 4 is 27.7 Å². The van der Waals surface area contributed by atoms with Crippen molar-refractivity contribution in [1.82, 2.24) is 9.88 Å². The van der Waals surface area contributed by atoms with Crippen molar-refractivity contribution in [2.75, 3.05) is 25.0 Å². The Morgan fingerprint density at radius 1 is 1.65 bits per heavy atom. The molecule has 2 rings (SSSR count). The van der Waals surface area contributed by atoms with Crippen LogP contribution in [0.3, 0.4) is 0 Å². The fraction of sp³-hybridized carbons (Fsp3) is 0.571. The van der Waals surface area contributed by atoms with Gasteiger partial charge in [-0.1, -0.05) is 6.92 Å². The van der Waals surface area contributed by atoms with Crippen LogP contribution in [0.5, 0.6) is 0 Å². The molecule has 0 radical (unpaired) electrons. The van der Waals surface area contributed by atoms with Gasteiger partial charge in [-0.3, -0.25) is 4.79 Å². The first kappa shape index (κ1) is 15.3. The normalized spacial score (nSPS) is 22.7. The predicted molar refractivity (Wildman–Crippen MR) is 81.8 cm³/mol. The second-order valence-electron chi connectivity index (χ2n) is 5.16. The van der Waals surface area contributed by atoms with E-state index in [0.29, 0.717) is 37.4 Å². The van der Waals surface area contributed by atoms with Crippen LogP contribution in [0.2, 0.25) is 0 Å². The van der Waals surface area contributed by atoms with Gasteiger partial charge in [0.1, 0.15) is 5.82 Å². The number of aliphatic hydroxyl groups is 1. The van der Waals surface area contributed by atoms with Gasteiger partial charge in [0.05, 0.1) is 11.7 Å². The maximum absolute atomic E-state index is 12.6. The number of pyridine rings is 1. The zero-order valence-corrected chi connectivity index (χ0v) is 13.4. The van der Waals surface area contributed by atoms with Gasteiger partial charge >= 0.3 is 0 Å². The zero-order valence-electron chi connectivity index (χ0n) is 11.8. The Hall–Kier alpha value is -1.14. The number of amides is 1. The van der Waals surface area contributed by atoms with E-state index in [0.717, 1.165) is 4.47 Å². The second kappa shape index (κ2) is 6.54. The summed E-state index contributed by atoms with van der Waals surface area (Å²) < 4.78 is 0.785. The molecular formula is C14H20BrN3O2. The number of nitrogens with one attached hydrogen (secondary N) is 1. The molecule has 1 aliphatic heterocycles. The Kier molecular flexibility index (Phi) is 4.99. The fourth-order valence-electron chi connectivity index (χ4n) is 2.40. The minimum Gasteiger partial charge on any atom is -0.393 e. The van der Waals surface area contributed by atoms with Gasteiger partial charge in [-0.2, -0.15) is 0 Å². The van der Waals surface area contributed by atoms with E-state index in [1.165, 1.54) is 0 Å². The molecule has 1 fully saturated rings. The average Bonchev–Trinajstić information content (AvgIpc) is 2.43. The largest absolute Gasteiger partial charge is 0.393 e. The molecule has 0 bridgehead atoms. The van der Waals surface area contributed by atoms with Gasteiger partial charge in [-0.15, -0.1) is 0 Å². The van der Waals surface area contributed by atoms with Crippen LogP contribution in [0.25, 0.3) is 0 Å². The van der Waals surface area contributed by atoms with Crippen molar-refractivity contribution in [3.63, 3.8) is 0 Å². The van der Waals surface area contributed by atoms with Crippen LogP contribution in [-0.4, -0.2) is 46.6 Å². The van der Waals surface area contributed by atoms with E-state index in [1.54, 1.807) is 17.2 Å². The van der Waals surface area contributed by atoms with Crippen molar-refractivity contribution < 1.29 is 9.90 Å². The van der Waals surface area contributed by atoms with Gasteiger partial charge in [0, 0.05) is 30.3 Å². The molecule has 1 amide bonds. The highest BCUT2D eigenvalue weighted by Crippen LogP contribution is 2.23. The number of aromatic nitrogens is 1. The SMILES string of the molecule is CCNc1ncc(Br)cc1C(=O)N1CCC(O)C(C)C1. The third-order valence-corrected chi connectivity index (χ3v) is 4.01. The fourth-order valence-corrected chi connectivity index (χ4v) is 2.73. The van der Waals surface area contributed by atoms with Crippen molar-refractivity contribution in [3.8, 4) is 0 Å². The summed E-state index contributed by atoms with van der Waals surface area (Å²) in [6.07, 6.45) is 2.00. The molecule has 0 aliphatic carbocycles. The molecule has 20 heavy (non-hydrogen) atoms. The number of rotatable bonds is 3. The molecule has 2 N–H and O–H groups in total. The van der Waals surface area contributed by atoms with Crippen molar-refractivity contribution in [1.29, 1.82) is 0 Å². The molecule has 0 saturated carbocycles. The summed E-state index contributed by atoms with van der Waals surface area (Å²) in [6, 6.07) is 1.79. The van der Waals surface area contributed by atoms with Crippen LogP contribution in [0.4, 0.5) is 5.82 Å². The maximum Gasteiger partial charge on any atom is 0.257 e. The summed E-state index contributed by atoms with van der Waals surface area (Å²) in [5.41, 5.74) is 0.574. The molecule has 1 aromatic rings. The monoisotopic (exact) mass is 341 g/mol. The second-order valence-corrected chi connectivity index (χ2v) is 6.08. The van der Waals surface area contributed by atoms with E-state index in [2.05, 4.69) is 26.2 Å². The molecule has 1 aliphatic rings. The molecule has 5 nitrogen and oxygen atoms in total. The minimum absolute atomic E-state index is 0.0338. The summed E-state index contributed by atoms with van der Waals surface area (Å²) in [5.74, 6) is 0.684. The van der Waals surface area contributed by atoms with Gasteiger partial charge in [0.25, 0.3) is 5.91 Å². The predicted octanol–water partition coefficient (Wildman–Crippen LogP) is 2.12. The number of nitrogens with zero attached hydrogens (tertiary/aromatic N) is 2. The van der Waals surface area contributed by atoms with Gasteiger partial charge in [0.15, 0.2) is 0 Å². The lowest BCUT2D eigenvalue weighted by atomic mass is 9.96. The van der Waals surface area contributed by atoms with Gasteiger partial charge in [-0.05, 0) is 41.3 Å². The molecular weight excluding hydrogens is 322 g/mol. The highest BCUT2D eigenvalue weighted by molar-refractivity contribution is 9.10. The molecule has 0 aromatic carbocycles. The van der Waals surface area contributed by atoms with Crippen LogP contribution >= 0.6 is 15.9 Å². The lowest BCUT2D eigenvalue weighted by Gasteiger charge is -2.34. The Bertz CT molecular complexity index is 495. The summed E-state index contributed by atoms with van der Waals surface area (Å²) in [6.45, 7) is 5.82. The standard InChI is InChI=1S/C14H20BrN3O2/c1-3-16-13-11(6-10(15)7-17-13)14(20)18-5-4-12(19)9(2)8-18/h6-7,9,12,19H,3-5,8H2,1-2H3,(H,16,17).